The number of nitrogens with one attached hydrogen (secondary N) is 1. The highest BCUT2D eigenvalue weighted by atomic mass is 32.3. The second kappa shape index (κ2) is 9.29. The Morgan fingerprint density at radius 1 is 1.30 bits per heavy atom. The van der Waals surface area contributed by atoms with Gasteiger partial charge in [0.15, 0.2) is 0 Å². The van der Waals surface area contributed by atoms with E-state index in [9.17, 15) is 8.42 Å². The molecule has 1 aromatic rings. The molecule has 0 heterocycles. The molecule has 0 saturated carbocycles. The Kier molecular flexibility index (Phi) is 8.53. The molecule has 0 radical (unpaired) electrons. The van der Waals surface area contributed by atoms with E-state index in [1.54, 1.807) is 0 Å². The maximum atomic E-state index is 9.33. The van der Waals surface area contributed by atoms with Crippen LogP contribution >= 0.6 is 0 Å². The average Bonchev–Trinajstić information content (AvgIpc) is 2.44. The van der Waals surface area contributed by atoms with E-state index in [1.165, 1.54) is 7.11 Å². The number of para-hydroxylation sites is 1. The van der Waals surface area contributed by atoms with Crippen LogP contribution in [-0.4, -0.2) is 39.7 Å². The van der Waals surface area contributed by atoms with Crippen molar-refractivity contribution in [3.63, 3.8) is 0 Å². The first-order valence-electron chi connectivity index (χ1n) is 5.73. The SMILES string of the molecule is CCCOc1ccccc1C(=N)OC.COS(=O)(=O)O. The summed E-state index contributed by atoms with van der Waals surface area (Å²) < 4.78 is 40.1. The van der Waals surface area contributed by atoms with Gasteiger partial charge >= 0.3 is 10.4 Å². The van der Waals surface area contributed by atoms with E-state index < -0.39 is 10.4 Å². The van der Waals surface area contributed by atoms with Crippen molar-refractivity contribution in [2.24, 2.45) is 0 Å². The molecule has 1 aromatic carbocycles. The van der Waals surface area contributed by atoms with Crippen LogP contribution in [0.4, 0.5) is 0 Å². The van der Waals surface area contributed by atoms with Crippen LogP contribution in [-0.2, 0) is 19.3 Å². The third-order valence-electron chi connectivity index (χ3n) is 2.01. The summed E-state index contributed by atoms with van der Waals surface area (Å²) in [5, 5.41) is 7.55. The molecule has 0 amide bonds. The predicted octanol–water partition coefficient (Wildman–Crippen LogP) is 1.88. The van der Waals surface area contributed by atoms with Crippen LogP contribution < -0.4 is 4.74 Å². The van der Waals surface area contributed by atoms with Crippen molar-refractivity contribution in [3.8, 4) is 5.75 Å². The molecule has 0 aliphatic heterocycles. The number of hydrogen-bond donors (Lipinski definition) is 2. The zero-order valence-corrected chi connectivity index (χ0v) is 12.4. The molecule has 2 N–H and O–H groups in total. The number of hydrogen-bond acceptors (Lipinski definition) is 6. The van der Waals surface area contributed by atoms with Crippen molar-refractivity contribution < 1.29 is 26.6 Å². The van der Waals surface area contributed by atoms with Crippen molar-refractivity contribution in [2.75, 3.05) is 20.8 Å². The zero-order chi connectivity index (χ0) is 15.6. The minimum Gasteiger partial charge on any atom is -0.493 e. The van der Waals surface area contributed by atoms with Crippen LogP contribution in [0, 0.1) is 5.41 Å². The first-order valence-corrected chi connectivity index (χ1v) is 7.10. The highest BCUT2D eigenvalue weighted by Gasteiger charge is 2.07. The van der Waals surface area contributed by atoms with Crippen LogP contribution in [0.2, 0.25) is 0 Å². The first kappa shape index (κ1) is 18.4. The Morgan fingerprint density at radius 2 is 1.85 bits per heavy atom. The Bertz CT molecular complexity index is 514. The number of methoxy groups -OCH3 is 1. The summed E-state index contributed by atoms with van der Waals surface area (Å²) >= 11 is 0. The molecule has 0 aliphatic carbocycles. The Balaban J connectivity index is 0.000000511. The van der Waals surface area contributed by atoms with Crippen LogP contribution in [0.5, 0.6) is 5.75 Å². The van der Waals surface area contributed by atoms with E-state index in [2.05, 4.69) is 4.18 Å². The van der Waals surface area contributed by atoms with Crippen LogP contribution in [0.15, 0.2) is 24.3 Å². The number of ether oxygens (including phenoxy) is 2. The minimum absolute atomic E-state index is 0.136. The molecule has 0 saturated heterocycles. The lowest BCUT2D eigenvalue weighted by atomic mass is 10.2. The molecule has 7 nitrogen and oxygen atoms in total. The standard InChI is InChI=1S/C11H15NO2.CH4O4S/c1-3-8-14-10-7-5-4-6-9(10)11(12)13-2;1-5-6(2,3)4/h4-7,12H,3,8H2,1-2H3;1H3,(H,2,3,4). The van der Waals surface area contributed by atoms with Gasteiger partial charge in [0.05, 0.1) is 26.4 Å². The second-order valence-electron chi connectivity index (χ2n) is 3.47. The molecule has 0 fully saturated rings. The van der Waals surface area contributed by atoms with E-state index in [0.29, 0.717) is 17.9 Å². The normalized spacial score (nSPS) is 10.2. The van der Waals surface area contributed by atoms with Gasteiger partial charge in [0, 0.05) is 0 Å². The van der Waals surface area contributed by atoms with Crippen molar-refractivity contribution >= 4 is 16.3 Å². The summed E-state index contributed by atoms with van der Waals surface area (Å²) in [5.74, 6) is 0.845. The minimum atomic E-state index is -4.16. The predicted molar refractivity (Wildman–Crippen MR) is 74.6 cm³/mol. The lowest BCUT2D eigenvalue weighted by Gasteiger charge is -2.10. The summed E-state index contributed by atoms with van der Waals surface area (Å²) in [6.07, 6.45) is 0.953. The van der Waals surface area contributed by atoms with Gasteiger partial charge in [-0.25, -0.2) is 0 Å². The van der Waals surface area contributed by atoms with E-state index >= 15 is 0 Å². The van der Waals surface area contributed by atoms with Gasteiger partial charge in [0.1, 0.15) is 5.75 Å². The highest BCUT2D eigenvalue weighted by Crippen LogP contribution is 2.18. The molecule has 0 spiro atoms. The van der Waals surface area contributed by atoms with E-state index in [1.807, 2.05) is 31.2 Å². The summed E-state index contributed by atoms with van der Waals surface area (Å²) in [6.45, 7) is 2.71. The van der Waals surface area contributed by atoms with Crippen molar-refractivity contribution in [2.45, 2.75) is 13.3 Å². The van der Waals surface area contributed by atoms with Crippen molar-refractivity contribution in [3.05, 3.63) is 29.8 Å². The van der Waals surface area contributed by atoms with Crippen molar-refractivity contribution in [1.29, 1.82) is 5.41 Å². The Morgan fingerprint density at radius 3 is 2.30 bits per heavy atom. The lowest BCUT2D eigenvalue weighted by molar-refractivity contribution is 0.314. The topological polar surface area (TPSA) is 106 Å². The van der Waals surface area contributed by atoms with Gasteiger partial charge < -0.3 is 9.47 Å². The smallest absolute Gasteiger partial charge is 0.397 e. The van der Waals surface area contributed by atoms with Gasteiger partial charge in [-0.15, -0.1) is 0 Å². The first-order chi connectivity index (χ1) is 9.35. The molecule has 0 aliphatic rings. The molecule has 1 rings (SSSR count). The van der Waals surface area contributed by atoms with E-state index in [0.717, 1.165) is 13.5 Å². The second-order valence-corrected chi connectivity index (χ2v) is 4.66. The third kappa shape index (κ3) is 7.72. The molecular formula is C12H19NO6S. The molecule has 0 atom stereocenters. The maximum absolute atomic E-state index is 9.33. The number of rotatable bonds is 5. The summed E-state index contributed by atoms with van der Waals surface area (Å²) in [6, 6.07) is 7.41. The highest BCUT2D eigenvalue weighted by molar-refractivity contribution is 7.80. The average molecular weight is 305 g/mol. The van der Waals surface area contributed by atoms with Crippen LogP contribution in [0.1, 0.15) is 18.9 Å². The molecule has 8 heteroatoms. The third-order valence-corrected chi connectivity index (χ3v) is 2.43. The molecule has 20 heavy (non-hydrogen) atoms. The Labute approximate surface area is 118 Å². The van der Waals surface area contributed by atoms with Crippen LogP contribution in [0.25, 0.3) is 0 Å². The van der Waals surface area contributed by atoms with Gasteiger partial charge in [-0.05, 0) is 18.6 Å². The summed E-state index contributed by atoms with van der Waals surface area (Å²) in [7, 11) is -1.81. The van der Waals surface area contributed by atoms with E-state index in [4.69, 9.17) is 19.4 Å². The largest absolute Gasteiger partial charge is 0.493 e. The quantitative estimate of drug-likeness (QED) is 0.489. The molecule has 0 unspecified atom stereocenters. The number of benzene rings is 1. The molecule has 0 aromatic heterocycles. The molecule has 0 bridgehead atoms. The monoisotopic (exact) mass is 305 g/mol. The van der Waals surface area contributed by atoms with Gasteiger partial charge in [-0.3, -0.25) is 14.1 Å². The molecular weight excluding hydrogens is 286 g/mol. The van der Waals surface area contributed by atoms with Gasteiger partial charge in [-0.1, -0.05) is 19.1 Å². The summed E-state index contributed by atoms with van der Waals surface area (Å²) in [5.41, 5.74) is 0.698. The van der Waals surface area contributed by atoms with Gasteiger partial charge in [0.2, 0.25) is 5.90 Å². The fourth-order valence-electron chi connectivity index (χ4n) is 1.10. The van der Waals surface area contributed by atoms with E-state index in [-0.39, 0.29) is 5.90 Å². The zero-order valence-electron chi connectivity index (χ0n) is 11.6. The summed E-state index contributed by atoms with van der Waals surface area (Å²) in [4.78, 5) is 0. The van der Waals surface area contributed by atoms with Gasteiger partial charge in [0.25, 0.3) is 0 Å². The Hall–Kier alpha value is -1.64. The van der Waals surface area contributed by atoms with Gasteiger partial charge in [-0.2, -0.15) is 8.42 Å². The van der Waals surface area contributed by atoms with Crippen LogP contribution in [0.3, 0.4) is 0 Å². The molecule has 114 valence electrons. The maximum Gasteiger partial charge on any atom is 0.397 e. The fourth-order valence-corrected chi connectivity index (χ4v) is 1.10. The van der Waals surface area contributed by atoms with Crippen molar-refractivity contribution in [1.82, 2.24) is 0 Å². The fraction of sp³-hybridized carbons (Fsp3) is 0.417. The lowest BCUT2D eigenvalue weighted by Crippen LogP contribution is -2.05.